The Labute approximate surface area is 253 Å². The molecule has 1 aliphatic rings. The van der Waals surface area contributed by atoms with Crippen molar-refractivity contribution in [1.29, 1.82) is 0 Å². The Bertz CT molecular complexity index is 1490. The molecule has 1 fully saturated rings. The second kappa shape index (κ2) is 13.5. The Morgan fingerprint density at radius 3 is 2.33 bits per heavy atom. The van der Waals surface area contributed by atoms with Crippen molar-refractivity contribution < 1.29 is 28.7 Å². The van der Waals surface area contributed by atoms with Crippen LogP contribution in [0.1, 0.15) is 58.4 Å². The van der Waals surface area contributed by atoms with Crippen LogP contribution in [0.25, 0.3) is 0 Å². The molecule has 2 aromatic heterocycles. The van der Waals surface area contributed by atoms with Gasteiger partial charge in [-0.25, -0.2) is 24.5 Å². The molecule has 1 saturated heterocycles. The van der Waals surface area contributed by atoms with Gasteiger partial charge in [-0.2, -0.15) is 0 Å². The van der Waals surface area contributed by atoms with Gasteiger partial charge in [0.15, 0.2) is 0 Å². The molecule has 14 heteroatoms. The maximum Gasteiger partial charge on any atom is 0.410 e. The molecule has 1 aliphatic heterocycles. The van der Waals surface area contributed by atoms with Crippen molar-refractivity contribution in [3.63, 3.8) is 0 Å². The fourth-order valence-corrected chi connectivity index (χ4v) is 4.28. The molecule has 43 heavy (non-hydrogen) atoms. The van der Waals surface area contributed by atoms with Gasteiger partial charge in [-0.15, -0.1) is 0 Å². The molecule has 3 aromatic rings. The molecule has 4 rings (SSSR count). The van der Waals surface area contributed by atoms with Crippen molar-refractivity contribution in [2.24, 2.45) is 0 Å². The monoisotopic (exact) mass is 609 g/mol. The molecule has 226 valence electrons. The summed E-state index contributed by atoms with van der Waals surface area (Å²) in [6.07, 6.45) is 4.52. The maximum atomic E-state index is 13.1. The molecule has 2 N–H and O–H groups in total. The van der Waals surface area contributed by atoms with Crippen LogP contribution in [0.15, 0.2) is 48.9 Å². The molecule has 13 nitrogen and oxygen atoms in total. The first kappa shape index (κ1) is 31.2. The van der Waals surface area contributed by atoms with Gasteiger partial charge in [0, 0.05) is 32.4 Å². The number of aromatic nitrogens is 3. The molecule has 0 radical (unpaired) electrons. The molecule has 1 aromatic carbocycles. The van der Waals surface area contributed by atoms with Crippen LogP contribution in [-0.2, 0) is 9.47 Å². The van der Waals surface area contributed by atoms with Crippen molar-refractivity contribution in [2.45, 2.75) is 32.8 Å². The lowest BCUT2D eigenvalue weighted by Crippen LogP contribution is -2.39. The smallest absolute Gasteiger partial charge is 0.410 e. The third kappa shape index (κ3) is 8.38. The largest absolute Gasteiger partial charge is 0.465 e. The Kier molecular flexibility index (Phi) is 9.76. The number of hydrogen-bond donors (Lipinski definition) is 2. The number of benzene rings is 1. The summed E-state index contributed by atoms with van der Waals surface area (Å²) in [6.45, 7) is 7.63. The van der Waals surface area contributed by atoms with E-state index in [1.807, 2.05) is 25.7 Å². The number of nitrogens with zero attached hydrogens (tertiary/aromatic N) is 5. The number of esters is 1. The lowest BCUT2D eigenvalue weighted by Gasteiger charge is -2.26. The summed E-state index contributed by atoms with van der Waals surface area (Å²) >= 11 is 5.87. The van der Waals surface area contributed by atoms with Crippen LogP contribution < -0.4 is 15.5 Å². The van der Waals surface area contributed by atoms with Crippen LogP contribution >= 0.6 is 11.6 Å². The van der Waals surface area contributed by atoms with Crippen molar-refractivity contribution in [3.8, 4) is 0 Å². The van der Waals surface area contributed by atoms with Crippen molar-refractivity contribution in [2.75, 3.05) is 48.8 Å². The molecular formula is C29H32ClN7O6. The average molecular weight is 610 g/mol. The van der Waals surface area contributed by atoms with E-state index in [1.165, 1.54) is 50.0 Å². The minimum Gasteiger partial charge on any atom is -0.465 e. The number of halogens is 1. The number of methoxy groups -OCH3 is 1. The number of hydrogen-bond acceptors (Lipinski definition) is 10. The number of rotatable bonds is 6. The van der Waals surface area contributed by atoms with E-state index in [0.29, 0.717) is 43.4 Å². The summed E-state index contributed by atoms with van der Waals surface area (Å²) in [4.78, 5) is 67.2. The van der Waals surface area contributed by atoms with Crippen LogP contribution in [0, 0.1) is 0 Å². The Balaban J connectivity index is 1.47. The van der Waals surface area contributed by atoms with E-state index < -0.39 is 23.4 Å². The summed E-state index contributed by atoms with van der Waals surface area (Å²) < 4.78 is 10.3. The van der Waals surface area contributed by atoms with E-state index in [-0.39, 0.29) is 34.4 Å². The van der Waals surface area contributed by atoms with Gasteiger partial charge >= 0.3 is 12.1 Å². The van der Waals surface area contributed by atoms with E-state index >= 15 is 0 Å². The third-order valence-electron chi connectivity index (χ3n) is 6.24. The van der Waals surface area contributed by atoms with Crippen LogP contribution in [-0.4, -0.2) is 82.6 Å². The quantitative estimate of drug-likeness (QED) is 0.387. The minimum atomic E-state index is -0.647. The van der Waals surface area contributed by atoms with Gasteiger partial charge in [0.25, 0.3) is 11.8 Å². The van der Waals surface area contributed by atoms with Gasteiger partial charge in [0.1, 0.15) is 22.9 Å². The number of anilines is 3. The predicted octanol–water partition coefficient (Wildman–Crippen LogP) is 4.26. The molecule has 0 spiro atoms. The van der Waals surface area contributed by atoms with Crippen molar-refractivity contribution in [1.82, 2.24) is 19.9 Å². The SMILES string of the molecule is COC(=O)c1ccc(C(=O)Nc2ccc(Cl)cn2)c(NC(=O)c2cnc(N3CCCN(C(=O)OC(C)(C)C)CC3)cn2)c1. The predicted molar refractivity (Wildman–Crippen MR) is 160 cm³/mol. The van der Waals surface area contributed by atoms with Crippen molar-refractivity contribution in [3.05, 3.63) is 70.8 Å². The second-order valence-corrected chi connectivity index (χ2v) is 11.0. The van der Waals surface area contributed by atoms with E-state index in [2.05, 4.69) is 25.6 Å². The van der Waals surface area contributed by atoms with Gasteiger partial charge < -0.3 is 29.9 Å². The summed E-state index contributed by atoms with van der Waals surface area (Å²) in [7, 11) is 1.23. The summed E-state index contributed by atoms with van der Waals surface area (Å²) in [6, 6.07) is 7.23. The zero-order valence-electron chi connectivity index (χ0n) is 24.2. The standard InChI is InChI=1S/C29H32ClN7O6/c1-29(2,3)43-28(41)37-11-5-10-36(12-13-37)24-17-31-22(16-33-24)26(39)34-21-14-18(27(40)42-4)6-8-20(21)25(38)35-23-9-7-19(30)15-32-23/h6-9,14-17H,5,10-13H2,1-4H3,(H,34,39)(H,32,35,38). The molecule has 3 heterocycles. The Hall–Kier alpha value is -4.78. The van der Waals surface area contributed by atoms with Crippen molar-refractivity contribution >= 4 is 52.8 Å². The number of carbonyl (C=O) groups is 4. The third-order valence-corrected chi connectivity index (χ3v) is 6.47. The first-order chi connectivity index (χ1) is 20.4. The minimum absolute atomic E-state index is 0.0110. The maximum absolute atomic E-state index is 13.1. The zero-order chi connectivity index (χ0) is 31.1. The molecule has 3 amide bonds. The fraction of sp³-hybridized carbons (Fsp3) is 0.345. The Morgan fingerprint density at radius 1 is 0.884 bits per heavy atom. The highest BCUT2D eigenvalue weighted by Gasteiger charge is 2.25. The normalized spacial score (nSPS) is 13.5. The van der Waals surface area contributed by atoms with Gasteiger partial charge in [0.2, 0.25) is 0 Å². The van der Waals surface area contributed by atoms with Gasteiger partial charge in [-0.1, -0.05) is 11.6 Å². The molecule has 0 unspecified atom stereocenters. The van der Waals surface area contributed by atoms with E-state index in [1.54, 1.807) is 11.0 Å². The lowest BCUT2D eigenvalue weighted by molar-refractivity contribution is 0.0263. The lowest BCUT2D eigenvalue weighted by atomic mass is 10.1. The van der Waals surface area contributed by atoms with Gasteiger partial charge in [-0.3, -0.25) is 9.59 Å². The number of ether oxygens (including phenoxy) is 2. The van der Waals surface area contributed by atoms with Crippen LogP contribution in [0.2, 0.25) is 5.02 Å². The topological polar surface area (TPSA) is 156 Å². The van der Waals surface area contributed by atoms with Crippen LogP contribution in [0.5, 0.6) is 0 Å². The summed E-state index contributed by atoms with van der Waals surface area (Å²) in [5.74, 6) is -1.08. The first-order valence-corrected chi connectivity index (χ1v) is 13.8. The number of pyridine rings is 1. The molecule has 0 aliphatic carbocycles. The zero-order valence-corrected chi connectivity index (χ0v) is 25.0. The molecule has 0 saturated carbocycles. The second-order valence-electron chi connectivity index (χ2n) is 10.6. The van der Waals surface area contributed by atoms with E-state index in [4.69, 9.17) is 21.1 Å². The molecule has 0 bridgehead atoms. The number of amides is 3. The summed E-state index contributed by atoms with van der Waals surface area (Å²) in [5.41, 5.74) is -0.337. The average Bonchev–Trinajstić information content (AvgIpc) is 3.24. The molecule has 0 atom stereocenters. The molecular weight excluding hydrogens is 578 g/mol. The fourth-order valence-electron chi connectivity index (χ4n) is 4.17. The highest BCUT2D eigenvalue weighted by molar-refractivity contribution is 6.30. The van der Waals surface area contributed by atoms with Crippen LogP contribution in [0.3, 0.4) is 0 Å². The van der Waals surface area contributed by atoms with Crippen LogP contribution in [0.4, 0.5) is 22.1 Å². The van der Waals surface area contributed by atoms with Gasteiger partial charge in [-0.05, 0) is 57.5 Å². The summed E-state index contributed by atoms with van der Waals surface area (Å²) in [5, 5.41) is 5.68. The number of carbonyl (C=O) groups excluding carboxylic acids is 4. The van der Waals surface area contributed by atoms with E-state index in [9.17, 15) is 19.2 Å². The highest BCUT2D eigenvalue weighted by Crippen LogP contribution is 2.22. The van der Waals surface area contributed by atoms with Gasteiger partial charge in [0.05, 0.1) is 41.3 Å². The Morgan fingerprint density at radius 2 is 1.67 bits per heavy atom. The first-order valence-electron chi connectivity index (χ1n) is 13.4. The highest BCUT2D eigenvalue weighted by atomic mass is 35.5. The number of nitrogens with one attached hydrogen (secondary N) is 2. The van der Waals surface area contributed by atoms with E-state index in [0.717, 1.165) is 0 Å².